The predicted octanol–water partition coefficient (Wildman–Crippen LogP) is 3.58. The molecule has 0 aliphatic carbocycles. The molecule has 3 rings (SSSR count). The molecule has 0 radical (unpaired) electrons. The highest BCUT2D eigenvalue weighted by molar-refractivity contribution is 5.96. The van der Waals surface area contributed by atoms with Gasteiger partial charge in [-0.25, -0.2) is 0 Å². The number of carbonyl (C=O) groups excluding carboxylic acids is 1. The van der Waals surface area contributed by atoms with E-state index in [0.717, 1.165) is 44.1 Å². The Balaban J connectivity index is 1.52. The summed E-state index contributed by atoms with van der Waals surface area (Å²) in [6, 6.07) is 15.9. The van der Waals surface area contributed by atoms with Crippen LogP contribution >= 0.6 is 0 Å². The first kappa shape index (κ1) is 19.2. The van der Waals surface area contributed by atoms with Crippen LogP contribution in [-0.4, -0.2) is 49.6 Å². The van der Waals surface area contributed by atoms with Crippen molar-refractivity contribution in [1.82, 2.24) is 4.90 Å². The number of likely N-dealkylation sites (N-methyl/N-ethyl adjacent to an activating group) is 1. The molecular weight excluding hydrogens is 336 g/mol. The van der Waals surface area contributed by atoms with Crippen molar-refractivity contribution in [2.24, 2.45) is 0 Å². The van der Waals surface area contributed by atoms with Gasteiger partial charge in [0.25, 0.3) is 0 Å². The van der Waals surface area contributed by atoms with E-state index in [1.807, 2.05) is 38.1 Å². The molecule has 1 fully saturated rings. The lowest BCUT2D eigenvalue weighted by molar-refractivity contribution is -0.116. The van der Waals surface area contributed by atoms with Crippen molar-refractivity contribution < 1.29 is 4.79 Å². The number of amides is 1. The predicted molar refractivity (Wildman–Crippen MR) is 114 cm³/mol. The van der Waals surface area contributed by atoms with Gasteiger partial charge in [-0.15, -0.1) is 0 Å². The maximum Gasteiger partial charge on any atom is 0.246 e. The monoisotopic (exact) mass is 366 g/mol. The van der Waals surface area contributed by atoms with Gasteiger partial charge in [-0.1, -0.05) is 24.6 Å². The highest BCUT2D eigenvalue weighted by Gasteiger charge is 2.16. The van der Waals surface area contributed by atoms with Crippen molar-refractivity contribution >= 4 is 23.0 Å². The van der Waals surface area contributed by atoms with Gasteiger partial charge in [-0.2, -0.15) is 0 Å². The largest absolute Gasteiger partial charge is 0.374 e. The van der Waals surface area contributed by atoms with Crippen LogP contribution in [0.15, 0.2) is 48.5 Å². The zero-order valence-corrected chi connectivity index (χ0v) is 16.5. The number of nitrogens with zero attached hydrogens (tertiary/aromatic N) is 2. The zero-order valence-electron chi connectivity index (χ0n) is 16.5. The summed E-state index contributed by atoms with van der Waals surface area (Å²) in [6.07, 6.45) is 0. The van der Waals surface area contributed by atoms with E-state index in [1.54, 1.807) is 0 Å². The minimum Gasteiger partial charge on any atom is -0.374 e. The summed E-state index contributed by atoms with van der Waals surface area (Å²) in [5, 5.41) is 6.23. The van der Waals surface area contributed by atoms with Gasteiger partial charge in [0.2, 0.25) is 5.91 Å². The molecule has 0 saturated carbocycles. The quantitative estimate of drug-likeness (QED) is 0.820. The molecule has 5 heteroatoms. The van der Waals surface area contributed by atoms with E-state index >= 15 is 0 Å². The summed E-state index contributed by atoms with van der Waals surface area (Å²) in [5.74, 6) is -0.0429. The van der Waals surface area contributed by atoms with Crippen LogP contribution in [0.5, 0.6) is 0 Å². The lowest BCUT2D eigenvalue weighted by Crippen LogP contribution is -2.46. The summed E-state index contributed by atoms with van der Waals surface area (Å²) in [7, 11) is 0. The molecule has 0 bridgehead atoms. The van der Waals surface area contributed by atoms with Crippen LogP contribution in [0.1, 0.15) is 19.4 Å². The van der Waals surface area contributed by atoms with Gasteiger partial charge in [0.1, 0.15) is 6.04 Å². The van der Waals surface area contributed by atoms with Gasteiger partial charge >= 0.3 is 0 Å². The van der Waals surface area contributed by atoms with Crippen molar-refractivity contribution in [3.05, 3.63) is 54.1 Å². The number of aryl methyl sites for hydroxylation is 1. The fourth-order valence-electron chi connectivity index (χ4n) is 3.29. The van der Waals surface area contributed by atoms with Crippen LogP contribution in [0.3, 0.4) is 0 Å². The maximum atomic E-state index is 12.4. The second kappa shape index (κ2) is 8.91. The minimum absolute atomic E-state index is 0.0429. The molecule has 144 valence electrons. The van der Waals surface area contributed by atoms with Gasteiger partial charge < -0.3 is 20.4 Å². The van der Waals surface area contributed by atoms with Crippen molar-refractivity contribution in [2.45, 2.75) is 26.8 Å². The van der Waals surface area contributed by atoms with Crippen molar-refractivity contribution in [2.75, 3.05) is 48.3 Å². The molecule has 2 aromatic carbocycles. The molecule has 0 spiro atoms. The molecule has 1 unspecified atom stereocenters. The van der Waals surface area contributed by atoms with Gasteiger partial charge in [0.15, 0.2) is 0 Å². The van der Waals surface area contributed by atoms with Crippen LogP contribution in [0.4, 0.5) is 17.1 Å². The highest BCUT2D eigenvalue weighted by atomic mass is 16.2. The van der Waals surface area contributed by atoms with Gasteiger partial charge in [-0.3, -0.25) is 4.79 Å². The first-order chi connectivity index (χ1) is 13.0. The van der Waals surface area contributed by atoms with Crippen LogP contribution in [-0.2, 0) is 4.79 Å². The lowest BCUT2D eigenvalue weighted by Gasteiger charge is -2.35. The smallest absolute Gasteiger partial charge is 0.246 e. The Morgan fingerprint density at radius 1 is 0.963 bits per heavy atom. The second-order valence-corrected chi connectivity index (χ2v) is 7.19. The molecule has 1 heterocycles. The van der Waals surface area contributed by atoms with Gasteiger partial charge in [0, 0.05) is 43.2 Å². The number of rotatable bonds is 6. The Kier molecular flexibility index (Phi) is 6.35. The Morgan fingerprint density at radius 2 is 1.56 bits per heavy atom. The number of hydrogen-bond donors (Lipinski definition) is 2. The third-order valence-electron chi connectivity index (χ3n) is 5.15. The van der Waals surface area contributed by atoms with E-state index < -0.39 is 0 Å². The number of carbonyl (C=O) groups is 1. The molecule has 27 heavy (non-hydrogen) atoms. The van der Waals surface area contributed by atoms with Crippen molar-refractivity contribution in [1.29, 1.82) is 0 Å². The Hall–Kier alpha value is -2.53. The molecule has 1 amide bonds. The number of nitrogens with one attached hydrogen (secondary N) is 2. The number of hydrogen-bond acceptors (Lipinski definition) is 4. The number of benzene rings is 2. The third kappa shape index (κ3) is 5.23. The topological polar surface area (TPSA) is 47.6 Å². The molecule has 1 atom stereocenters. The first-order valence-corrected chi connectivity index (χ1v) is 9.76. The van der Waals surface area contributed by atoms with E-state index in [2.05, 4.69) is 51.6 Å². The molecular formula is C22H30N4O. The summed E-state index contributed by atoms with van der Waals surface area (Å²) >= 11 is 0. The summed E-state index contributed by atoms with van der Waals surface area (Å²) in [5.41, 5.74) is 4.20. The third-order valence-corrected chi connectivity index (χ3v) is 5.15. The summed E-state index contributed by atoms with van der Waals surface area (Å²) < 4.78 is 0. The number of anilines is 3. The molecule has 1 saturated heterocycles. The van der Waals surface area contributed by atoms with Crippen molar-refractivity contribution in [3.63, 3.8) is 0 Å². The molecule has 1 aliphatic heterocycles. The zero-order chi connectivity index (χ0) is 19.2. The van der Waals surface area contributed by atoms with Crippen LogP contribution in [0, 0.1) is 6.92 Å². The highest BCUT2D eigenvalue weighted by Crippen LogP contribution is 2.20. The Morgan fingerprint density at radius 3 is 2.15 bits per heavy atom. The van der Waals surface area contributed by atoms with E-state index in [-0.39, 0.29) is 11.9 Å². The van der Waals surface area contributed by atoms with E-state index in [0.29, 0.717) is 0 Å². The van der Waals surface area contributed by atoms with Crippen LogP contribution < -0.4 is 15.5 Å². The fourth-order valence-corrected chi connectivity index (χ4v) is 3.29. The van der Waals surface area contributed by atoms with Crippen LogP contribution in [0.2, 0.25) is 0 Å². The Labute approximate surface area is 162 Å². The van der Waals surface area contributed by atoms with E-state index in [1.165, 1.54) is 11.3 Å². The summed E-state index contributed by atoms with van der Waals surface area (Å²) in [6.45, 7) is 11.6. The van der Waals surface area contributed by atoms with Crippen LogP contribution in [0.25, 0.3) is 0 Å². The normalized spacial score (nSPS) is 16.0. The second-order valence-electron chi connectivity index (χ2n) is 7.19. The average molecular weight is 367 g/mol. The number of piperazine rings is 1. The fraction of sp³-hybridized carbons (Fsp3) is 0.409. The SMILES string of the molecule is CCN1CCN(c2ccc(NC(C)C(=O)Nc3ccc(C)cc3)cc2)CC1. The van der Waals surface area contributed by atoms with Gasteiger partial charge in [-0.05, 0) is 56.8 Å². The average Bonchev–Trinajstić information content (AvgIpc) is 2.70. The standard InChI is InChI=1S/C22H30N4O/c1-4-25-13-15-26(16-14-25)21-11-9-19(10-12-21)23-18(3)22(27)24-20-7-5-17(2)6-8-20/h5-12,18,23H,4,13-16H2,1-3H3,(H,24,27). The molecule has 2 N–H and O–H groups in total. The van der Waals surface area contributed by atoms with E-state index in [4.69, 9.17) is 0 Å². The molecule has 5 nitrogen and oxygen atoms in total. The van der Waals surface area contributed by atoms with E-state index in [9.17, 15) is 4.79 Å². The summed E-state index contributed by atoms with van der Waals surface area (Å²) in [4.78, 5) is 17.3. The molecule has 0 aromatic heterocycles. The van der Waals surface area contributed by atoms with Gasteiger partial charge in [0.05, 0.1) is 0 Å². The lowest BCUT2D eigenvalue weighted by atomic mass is 10.2. The maximum absolute atomic E-state index is 12.4. The first-order valence-electron chi connectivity index (χ1n) is 9.76. The minimum atomic E-state index is -0.315. The molecule has 1 aliphatic rings. The Bertz CT molecular complexity index is 734. The van der Waals surface area contributed by atoms with Crippen molar-refractivity contribution in [3.8, 4) is 0 Å². The molecule has 2 aromatic rings.